The number of esters is 1. The standard InChI is InChI=1S/C17H28O6/c1-15(2)11-5-6-17(22-7-8-23-17)12(14(20)21-4)16(11,3)9-10(18)13(15)19/h10-13,18-19H,5-9H2,1-4H3. The monoisotopic (exact) mass is 328 g/mol. The maximum absolute atomic E-state index is 12.7. The maximum atomic E-state index is 12.7. The van der Waals surface area contributed by atoms with Crippen LogP contribution in [0.3, 0.4) is 0 Å². The van der Waals surface area contributed by atoms with E-state index in [9.17, 15) is 15.0 Å². The van der Waals surface area contributed by atoms with Gasteiger partial charge < -0.3 is 24.4 Å². The number of rotatable bonds is 1. The van der Waals surface area contributed by atoms with Crippen molar-refractivity contribution in [2.24, 2.45) is 22.7 Å². The molecule has 2 saturated carbocycles. The van der Waals surface area contributed by atoms with Crippen molar-refractivity contribution in [3.63, 3.8) is 0 Å². The van der Waals surface area contributed by atoms with Gasteiger partial charge in [-0.15, -0.1) is 0 Å². The Morgan fingerprint density at radius 2 is 1.78 bits per heavy atom. The first-order valence-corrected chi connectivity index (χ1v) is 8.41. The van der Waals surface area contributed by atoms with Crippen LogP contribution in [-0.2, 0) is 19.0 Å². The minimum Gasteiger partial charge on any atom is -0.469 e. The van der Waals surface area contributed by atoms with Gasteiger partial charge in [0.2, 0.25) is 0 Å². The van der Waals surface area contributed by atoms with E-state index in [0.717, 1.165) is 6.42 Å². The third-order valence-electron chi connectivity index (χ3n) is 6.56. The molecular formula is C17H28O6. The Morgan fingerprint density at radius 3 is 2.35 bits per heavy atom. The summed E-state index contributed by atoms with van der Waals surface area (Å²) in [4.78, 5) is 12.7. The predicted molar refractivity (Wildman–Crippen MR) is 81.4 cm³/mol. The van der Waals surface area contributed by atoms with Crippen LogP contribution in [0.2, 0.25) is 0 Å². The third kappa shape index (κ3) is 2.26. The first kappa shape index (κ1) is 17.1. The van der Waals surface area contributed by atoms with Gasteiger partial charge in [0.15, 0.2) is 5.79 Å². The second kappa shape index (κ2) is 5.41. The van der Waals surface area contributed by atoms with Crippen LogP contribution in [0.25, 0.3) is 0 Å². The van der Waals surface area contributed by atoms with Crippen molar-refractivity contribution >= 4 is 5.97 Å². The van der Waals surface area contributed by atoms with Gasteiger partial charge in [-0.05, 0) is 29.6 Å². The van der Waals surface area contributed by atoms with Crippen LogP contribution in [0.15, 0.2) is 0 Å². The van der Waals surface area contributed by atoms with Crippen molar-refractivity contribution in [2.45, 2.75) is 58.0 Å². The maximum Gasteiger partial charge on any atom is 0.314 e. The van der Waals surface area contributed by atoms with E-state index in [1.54, 1.807) is 0 Å². The molecule has 2 N–H and O–H groups in total. The molecule has 23 heavy (non-hydrogen) atoms. The number of fused-ring (bicyclic) bond motifs is 1. The summed E-state index contributed by atoms with van der Waals surface area (Å²) in [6.45, 7) is 6.85. The Balaban J connectivity index is 2.07. The second-order valence-corrected chi connectivity index (χ2v) is 8.10. The van der Waals surface area contributed by atoms with Crippen LogP contribution in [0, 0.1) is 22.7 Å². The fraction of sp³-hybridized carbons (Fsp3) is 0.941. The number of hydrogen-bond acceptors (Lipinski definition) is 6. The molecule has 1 spiro atoms. The molecule has 0 radical (unpaired) electrons. The predicted octanol–water partition coefficient (Wildman–Crippen LogP) is 1.09. The normalized spacial score (nSPS) is 44.8. The highest BCUT2D eigenvalue weighted by atomic mass is 16.7. The Bertz CT molecular complexity index is 483. The lowest BCUT2D eigenvalue weighted by atomic mass is 9.45. The molecule has 0 amide bonds. The van der Waals surface area contributed by atoms with Crippen molar-refractivity contribution in [1.29, 1.82) is 0 Å². The Morgan fingerprint density at radius 1 is 1.17 bits per heavy atom. The average molecular weight is 328 g/mol. The lowest BCUT2D eigenvalue weighted by Crippen LogP contribution is -2.66. The molecule has 3 rings (SSSR count). The zero-order chi connectivity index (χ0) is 17.0. The van der Waals surface area contributed by atoms with E-state index in [-0.39, 0.29) is 11.9 Å². The van der Waals surface area contributed by atoms with E-state index < -0.39 is 34.7 Å². The van der Waals surface area contributed by atoms with Crippen LogP contribution in [-0.4, -0.2) is 54.5 Å². The molecule has 0 aromatic rings. The summed E-state index contributed by atoms with van der Waals surface area (Å²) in [6.07, 6.45) is 0.0181. The molecule has 3 fully saturated rings. The van der Waals surface area contributed by atoms with Crippen molar-refractivity contribution in [3.8, 4) is 0 Å². The van der Waals surface area contributed by atoms with Gasteiger partial charge in [-0.25, -0.2) is 0 Å². The third-order valence-corrected chi connectivity index (χ3v) is 6.56. The number of aliphatic hydroxyl groups is 2. The van der Waals surface area contributed by atoms with Crippen molar-refractivity contribution < 1.29 is 29.2 Å². The zero-order valence-electron chi connectivity index (χ0n) is 14.4. The lowest BCUT2D eigenvalue weighted by molar-refractivity contribution is -0.288. The Kier molecular flexibility index (Phi) is 4.03. The SMILES string of the molecule is COC(=O)C1C2(CCC3C(C)(C)C(O)C(O)CC13C)OCCO2. The van der Waals surface area contributed by atoms with Gasteiger partial charge in [0, 0.05) is 6.42 Å². The highest BCUT2D eigenvalue weighted by molar-refractivity contribution is 5.75. The molecule has 6 nitrogen and oxygen atoms in total. The number of methoxy groups -OCH3 is 1. The molecule has 132 valence electrons. The van der Waals surface area contributed by atoms with Gasteiger partial charge in [-0.1, -0.05) is 20.8 Å². The highest BCUT2D eigenvalue weighted by Gasteiger charge is 2.68. The summed E-state index contributed by atoms with van der Waals surface area (Å²) in [5, 5.41) is 20.9. The number of carbonyl (C=O) groups is 1. The molecule has 3 aliphatic rings. The van der Waals surface area contributed by atoms with Gasteiger partial charge in [0.05, 0.1) is 32.5 Å². The molecule has 0 aromatic carbocycles. The van der Waals surface area contributed by atoms with E-state index in [1.807, 2.05) is 20.8 Å². The summed E-state index contributed by atoms with van der Waals surface area (Å²) < 4.78 is 16.9. The van der Waals surface area contributed by atoms with Crippen LogP contribution >= 0.6 is 0 Å². The fourth-order valence-corrected chi connectivity index (χ4v) is 5.62. The molecule has 0 aromatic heterocycles. The molecule has 2 aliphatic carbocycles. The number of carbonyl (C=O) groups excluding carboxylic acids is 1. The van der Waals surface area contributed by atoms with Gasteiger partial charge >= 0.3 is 5.97 Å². The van der Waals surface area contributed by atoms with Gasteiger partial charge in [0.25, 0.3) is 0 Å². The summed E-state index contributed by atoms with van der Waals surface area (Å²) in [5.74, 6) is -1.87. The first-order valence-electron chi connectivity index (χ1n) is 8.41. The van der Waals surface area contributed by atoms with E-state index in [4.69, 9.17) is 14.2 Å². The number of aliphatic hydroxyl groups excluding tert-OH is 2. The molecule has 6 heteroatoms. The Hall–Kier alpha value is -0.690. The molecular weight excluding hydrogens is 300 g/mol. The lowest BCUT2D eigenvalue weighted by Gasteiger charge is -2.62. The van der Waals surface area contributed by atoms with E-state index >= 15 is 0 Å². The zero-order valence-corrected chi connectivity index (χ0v) is 14.4. The molecule has 5 unspecified atom stereocenters. The van der Waals surface area contributed by atoms with Gasteiger partial charge in [0.1, 0.15) is 5.92 Å². The van der Waals surface area contributed by atoms with Crippen LogP contribution in [0.1, 0.15) is 40.0 Å². The van der Waals surface area contributed by atoms with E-state index in [1.165, 1.54) is 7.11 Å². The summed E-state index contributed by atoms with van der Waals surface area (Å²) in [6, 6.07) is 0. The number of hydrogen-bond donors (Lipinski definition) is 2. The average Bonchev–Trinajstić information content (AvgIpc) is 2.93. The van der Waals surface area contributed by atoms with Gasteiger partial charge in [-0.2, -0.15) is 0 Å². The fourth-order valence-electron chi connectivity index (χ4n) is 5.62. The van der Waals surface area contributed by atoms with Crippen LogP contribution < -0.4 is 0 Å². The molecule has 5 atom stereocenters. The highest BCUT2D eigenvalue weighted by Crippen LogP contribution is 2.63. The first-order chi connectivity index (χ1) is 10.7. The molecule has 1 aliphatic heterocycles. The minimum atomic E-state index is -0.962. The van der Waals surface area contributed by atoms with Crippen molar-refractivity contribution in [2.75, 3.05) is 20.3 Å². The quantitative estimate of drug-likeness (QED) is 0.701. The van der Waals surface area contributed by atoms with Crippen LogP contribution in [0.4, 0.5) is 0 Å². The van der Waals surface area contributed by atoms with Crippen molar-refractivity contribution in [1.82, 2.24) is 0 Å². The molecule has 1 saturated heterocycles. The van der Waals surface area contributed by atoms with Crippen LogP contribution in [0.5, 0.6) is 0 Å². The summed E-state index contributed by atoms with van der Waals surface area (Å²) in [7, 11) is 1.37. The largest absolute Gasteiger partial charge is 0.469 e. The van der Waals surface area contributed by atoms with Crippen molar-refractivity contribution in [3.05, 3.63) is 0 Å². The van der Waals surface area contributed by atoms with E-state index in [0.29, 0.717) is 26.1 Å². The minimum absolute atomic E-state index is 0.0657. The summed E-state index contributed by atoms with van der Waals surface area (Å²) in [5.41, 5.74) is -1.06. The Labute approximate surface area is 137 Å². The smallest absolute Gasteiger partial charge is 0.314 e. The van der Waals surface area contributed by atoms with E-state index in [2.05, 4.69) is 0 Å². The topological polar surface area (TPSA) is 85.2 Å². The van der Waals surface area contributed by atoms with Gasteiger partial charge in [-0.3, -0.25) is 4.79 Å². The number of ether oxygens (including phenoxy) is 3. The molecule has 1 heterocycles. The summed E-state index contributed by atoms with van der Waals surface area (Å²) >= 11 is 0. The molecule has 0 bridgehead atoms. The second-order valence-electron chi connectivity index (χ2n) is 8.10.